The Morgan fingerprint density at radius 2 is 1.64 bits per heavy atom. The Morgan fingerprint density at radius 1 is 1.00 bits per heavy atom. The SMILES string of the molecule is C[C@H](Oc1cnc(N2C[C@H](c3cc(F)c(F)cc3F)[C@@H](N)C2)nc1)C1CCN(S(=O)(=O)C2CCOCC2)CC1. The maximum atomic E-state index is 14.3. The van der Waals surface area contributed by atoms with Gasteiger partial charge in [0, 0.05) is 57.4 Å². The second-order valence-electron chi connectivity index (χ2n) is 10.6. The van der Waals surface area contributed by atoms with Crippen molar-refractivity contribution in [2.24, 2.45) is 11.7 Å². The van der Waals surface area contributed by atoms with Gasteiger partial charge < -0.3 is 20.1 Å². The highest BCUT2D eigenvalue weighted by atomic mass is 32.2. The van der Waals surface area contributed by atoms with Gasteiger partial charge in [-0.3, -0.25) is 0 Å². The summed E-state index contributed by atoms with van der Waals surface area (Å²) in [4.78, 5) is 10.5. The number of hydrogen-bond acceptors (Lipinski definition) is 8. The van der Waals surface area contributed by atoms with Crippen molar-refractivity contribution in [1.29, 1.82) is 0 Å². The number of benzene rings is 1. The molecule has 0 saturated carbocycles. The monoisotopic (exact) mass is 569 g/mol. The minimum Gasteiger partial charge on any atom is -0.487 e. The van der Waals surface area contributed by atoms with Gasteiger partial charge in [-0.15, -0.1) is 0 Å². The van der Waals surface area contributed by atoms with Gasteiger partial charge >= 0.3 is 0 Å². The van der Waals surface area contributed by atoms with Gasteiger partial charge in [-0.05, 0) is 50.2 Å². The maximum absolute atomic E-state index is 14.3. The summed E-state index contributed by atoms with van der Waals surface area (Å²) in [6, 6.07) is 0.895. The van der Waals surface area contributed by atoms with Crippen LogP contribution in [0.25, 0.3) is 0 Å². The van der Waals surface area contributed by atoms with Gasteiger partial charge in [0.1, 0.15) is 5.82 Å². The largest absolute Gasteiger partial charge is 0.487 e. The van der Waals surface area contributed by atoms with Gasteiger partial charge in [0.15, 0.2) is 17.4 Å². The van der Waals surface area contributed by atoms with E-state index in [0.717, 1.165) is 6.07 Å². The first kappa shape index (κ1) is 28.1. The van der Waals surface area contributed by atoms with Crippen molar-refractivity contribution in [3.63, 3.8) is 0 Å². The number of nitrogens with two attached hydrogens (primary N) is 1. The van der Waals surface area contributed by atoms with Crippen LogP contribution in [0.1, 0.15) is 44.1 Å². The van der Waals surface area contributed by atoms with Crippen LogP contribution in [0.15, 0.2) is 24.5 Å². The fourth-order valence-electron chi connectivity index (χ4n) is 5.77. The summed E-state index contributed by atoms with van der Waals surface area (Å²) in [5.74, 6) is -2.68. The molecule has 0 unspecified atom stereocenters. The van der Waals surface area contributed by atoms with Crippen molar-refractivity contribution in [1.82, 2.24) is 14.3 Å². The lowest BCUT2D eigenvalue weighted by Gasteiger charge is -2.36. The van der Waals surface area contributed by atoms with Crippen LogP contribution in [0.2, 0.25) is 0 Å². The fourth-order valence-corrected chi connectivity index (χ4v) is 7.70. The molecule has 39 heavy (non-hydrogen) atoms. The molecule has 0 aliphatic carbocycles. The second-order valence-corrected chi connectivity index (χ2v) is 12.8. The van der Waals surface area contributed by atoms with E-state index >= 15 is 0 Å². The molecule has 4 heterocycles. The van der Waals surface area contributed by atoms with Crippen LogP contribution >= 0.6 is 0 Å². The number of rotatable bonds is 7. The molecule has 5 rings (SSSR count). The van der Waals surface area contributed by atoms with Gasteiger partial charge in [-0.25, -0.2) is 35.9 Å². The summed E-state index contributed by atoms with van der Waals surface area (Å²) in [5, 5.41) is -0.358. The molecule has 214 valence electrons. The fraction of sp³-hybridized carbons (Fsp3) is 0.615. The van der Waals surface area contributed by atoms with Crippen molar-refractivity contribution in [3.8, 4) is 5.75 Å². The third-order valence-corrected chi connectivity index (χ3v) is 10.5. The van der Waals surface area contributed by atoms with Crippen LogP contribution in [0.5, 0.6) is 5.75 Å². The van der Waals surface area contributed by atoms with Crippen molar-refractivity contribution in [2.75, 3.05) is 44.3 Å². The second kappa shape index (κ2) is 11.6. The predicted octanol–water partition coefficient (Wildman–Crippen LogP) is 2.81. The van der Waals surface area contributed by atoms with Crippen molar-refractivity contribution < 1.29 is 31.1 Å². The summed E-state index contributed by atoms with van der Waals surface area (Å²) >= 11 is 0. The van der Waals surface area contributed by atoms with E-state index in [0.29, 0.717) is 76.3 Å². The van der Waals surface area contributed by atoms with Gasteiger partial charge in [0.25, 0.3) is 0 Å². The molecule has 0 bridgehead atoms. The Hall–Kier alpha value is -2.48. The number of aromatic nitrogens is 2. The highest BCUT2D eigenvalue weighted by Crippen LogP contribution is 2.32. The Kier molecular flexibility index (Phi) is 8.32. The standard InChI is InChI=1S/C26H34F3N5O4S/c1-16(17-2-6-34(7-3-17)39(35,36)19-4-8-37-9-5-19)38-18-12-31-26(32-13-18)33-14-21(25(30)15-33)20-10-23(28)24(29)11-22(20)27/h10-13,16-17,19,21,25H,2-9,14-15,30H2,1H3/t16-,21+,25-/m0/s1. The van der Waals surface area contributed by atoms with Crippen LogP contribution in [0, 0.1) is 23.4 Å². The van der Waals surface area contributed by atoms with E-state index in [-0.39, 0.29) is 29.4 Å². The predicted molar refractivity (Wildman–Crippen MR) is 138 cm³/mol. The first-order chi connectivity index (χ1) is 18.6. The lowest BCUT2D eigenvalue weighted by molar-refractivity contribution is 0.0940. The van der Waals surface area contributed by atoms with E-state index in [1.54, 1.807) is 21.6 Å². The van der Waals surface area contributed by atoms with Gasteiger partial charge in [0.2, 0.25) is 16.0 Å². The first-order valence-electron chi connectivity index (χ1n) is 13.3. The Labute approximate surface area is 226 Å². The van der Waals surface area contributed by atoms with Crippen LogP contribution in [0.3, 0.4) is 0 Å². The molecular formula is C26H34F3N5O4S. The molecule has 3 aliphatic heterocycles. The van der Waals surface area contributed by atoms with Crippen LogP contribution in [-0.4, -0.2) is 79.5 Å². The van der Waals surface area contributed by atoms with Crippen LogP contribution in [0.4, 0.5) is 19.1 Å². The van der Waals surface area contributed by atoms with E-state index in [9.17, 15) is 21.6 Å². The average molecular weight is 570 g/mol. The minimum absolute atomic E-state index is 0.0317. The van der Waals surface area contributed by atoms with Crippen molar-refractivity contribution >= 4 is 16.0 Å². The minimum atomic E-state index is -3.32. The molecule has 3 saturated heterocycles. The van der Waals surface area contributed by atoms with E-state index in [1.807, 2.05) is 6.92 Å². The number of piperidine rings is 1. The van der Waals surface area contributed by atoms with Crippen molar-refractivity contribution in [3.05, 3.63) is 47.5 Å². The third kappa shape index (κ3) is 6.01. The molecule has 3 aliphatic rings. The molecule has 1 aromatic heterocycles. The lowest BCUT2D eigenvalue weighted by atomic mass is 9.93. The number of halogens is 3. The normalized spacial score (nSPS) is 24.7. The Bertz CT molecular complexity index is 1250. The van der Waals surface area contributed by atoms with Gasteiger partial charge in [-0.2, -0.15) is 0 Å². The summed E-state index contributed by atoms with van der Waals surface area (Å²) < 4.78 is 80.3. The highest BCUT2D eigenvalue weighted by Gasteiger charge is 2.37. The van der Waals surface area contributed by atoms with Gasteiger partial charge in [0.05, 0.1) is 23.7 Å². The molecule has 0 amide bonds. The molecular weight excluding hydrogens is 535 g/mol. The van der Waals surface area contributed by atoms with E-state index in [4.69, 9.17) is 15.2 Å². The van der Waals surface area contributed by atoms with E-state index in [1.165, 1.54) is 0 Å². The summed E-state index contributed by atoms with van der Waals surface area (Å²) in [6.45, 7) is 4.48. The Balaban J connectivity index is 1.15. The summed E-state index contributed by atoms with van der Waals surface area (Å²) in [6.07, 6.45) is 5.45. The molecule has 9 nitrogen and oxygen atoms in total. The summed E-state index contributed by atoms with van der Waals surface area (Å²) in [5.41, 5.74) is 6.23. The topological polar surface area (TPSA) is 111 Å². The molecule has 13 heteroatoms. The molecule has 2 aromatic rings. The quantitative estimate of drug-likeness (QED) is 0.507. The molecule has 1 aromatic carbocycles. The number of nitrogens with zero attached hydrogens (tertiary/aromatic N) is 4. The number of sulfonamides is 1. The molecule has 0 spiro atoms. The third-order valence-electron chi connectivity index (χ3n) is 8.14. The average Bonchev–Trinajstić information content (AvgIpc) is 3.32. The Morgan fingerprint density at radius 3 is 2.31 bits per heavy atom. The lowest BCUT2D eigenvalue weighted by Crippen LogP contribution is -2.46. The molecule has 0 radical (unpaired) electrons. The maximum Gasteiger partial charge on any atom is 0.225 e. The summed E-state index contributed by atoms with van der Waals surface area (Å²) in [7, 11) is -3.32. The number of ether oxygens (including phenoxy) is 2. The van der Waals surface area contributed by atoms with Crippen molar-refractivity contribution in [2.45, 2.75) is 55.9 Å². The number of hydrogen-bond donors (Lipinski definition) is 1. The molecule has 3 atom stereocenters. The number of anilines is 1. The molecule has 2 N–H and O–H groups in total. The smallest absolute Gasteiger partial charge is 0.225 e. The van der Waals surface area contributed by atoms with Crippen LogP contribution in [-0.2, 0) is 14.8 Å². The van der Waals surface area contributed by atoms with Crippen LogP contribution < -0.4 is 15.4 Å². The highest BCUT2D eigenvalue weighted by molar-refractivity contribution is 7.89. The zero-order valence-corrected chi connectivity index (χ0v) is 22.6. The first-order valence-corrected chi connectivity index (χ1v) is 14.8. The van der Waals surface area contributed by atoms with E-state index < -0.39 is 39.4 Å². The van der Waals surface area contributed by atoms with E-state index in [2.05, 4.69) is 9.97 Å². The zero-order chi connectivity index (χ0) is 27.7. The van der Waals surface area contributed by atoms with Gasteiger partial charge in [-0.1, -0.05) is 0 Å². The zero-order valence-electron chi connectivity index (χ0n) is 21.8. The molecule has 3 fully saturated rings.